The van der Waals surface area contributed by atoms with Crippen molar-refractivity contribution in [3.63, 3.8) is 0 Å². The average molecular weight is 243 g/mol. The van der Waals surface area contributed by atoms with E-state index in [0.717, 1.165) is 5.56 Å². The molecule has 1 unspecified atom stereocenters. The Labute approximate surface area is 95.8 Å². The van der Waals surface area contributed by atoms with Gasteiger partial charge in [-0.3, -0.25) is 4.57 Å². The van der Waals surface area contributed by atoms with Crippen molar-refractivity contribution in [2.24, 2.45) is 0 Å². The molecule has 0 radical (unpaired) electrons. The molecule has 0 aromatic heterocycles. The van der Waals surface area contributed by atoms with E-state index in [1.165, 1.54) is 0 Å². The van der Waals surface area contributed by atoms with Gasteiger partial charge in [0.05, 0.1) is 0 Å². The molecule has 0 aliphatic heterocycles. The lowest BCUT2D eigenvalue weighted by atomic mass is 10.2. The molecule has 0 fully saturated rings. The third-order valence-corrected chi connectivity index (χ3v) is 4.14. The van der Waals surface area contributed by atoms with Crippen LogP contribution in [0.15, 0.2) is 18.2 Å². The highest BCUT2D eigenvalue weighted by atomic mass is 31.2. The van der Waals surface area contributed by atoms with Gasteiger partial charge in [-0.15, -0.1) is 0 Å². The minimum atomic E-state index is -2.79. The summed E-state index contributed by atoms with van der Waals surface area (Å²) in [5.41, 5.74) is 1.44. The van der Waals surface area contributed by atoms with Crippen LogP contribution in [0.5, 0.6) is 5.75 Å². The third-order valence-electron chi connectivity index (χ3n) is 2.18. The predicted molar refractivity (Wildman–Crippen MR) is 66.8 cm³/mol. The summed E-state index contributed by atoms with van der Waals surface area (Å²) in [5.74, 6) is 0.230. The molecule has 4 N–H and O–H groups in total. The molecule has 0 saturated heterocycles. The molecular formula is C10H18N3O2P. The zero-order valence-electron chi connectivity index (χ0n) is 9.74. The summed E-state index contributed by atoms with van der Waals surface area (Å²) in [6.07, 6.45) is 0. The summed E-state index contributed by atoms with van der Waals surface area (Å²) >= 11 is 0. The van der Waals surface area contributed by atoms with Crippen LogP contribution in [0.25, 0.3) is 0 Å². The first-order valence-corrected chi connectivity index (χ1v) is 6.83. The number of hydrogen-bond acceptors (Lipinski definition) is 2. The van der Waals surface area contributed by atoms with E-state index in [1.807, 2.05) is 6.92 Å². The van der Waals surface area contributed by atoms with Crippen molar-refractivity contribution in [2.75, 3.05) is 18.7 Å². The molecule has 1 rings (SSSR count). The molecule has 1 atom stereocenters. The highest BCUT2D eigenvalue weighted by molar-refractivity contribution is 7.61. The Morgan fingerprint density at radius 3 is 2.62 bits per heavy atom. The van der Waals surface area contributed by atoms with Gasteiger partial charge in [-0.05, 0) is 37.7 Å². The molecule has 1 aromatic rings. The van der Waals surface area contributed by atoms with Crippen LogP contribution in [0.4, 0.5) is 5.69 Å². The number of nitrogens with one attached hydrogen (secondary N) is 3. The monoisotopic (exact) mass is 243 g/mol. The molecule has 1 aromatic carbocycles. The number of phenolic OH excluding ortho intramolecular Hbond substituents is 1. The largest absolute Gasteiger partial charge is 0.508 e. The second-order valence-corrected chi connectivity index (χ2v) is 5.66. The Bertz CT molecular complexity index is 409. The number of anilines is 1. The standard InChI is InChI=1S/C10H18N3O2P/c1-4-12-16(15,11-3)13-9-5-6-10(14)8(2)7-9/h5-7,14H,4H2,1-3H3,(H3,11,12,13,15). The third kappa shape index (κ3) is 3.23. The Morgan fingerprint density at radius 2 is 2.12 bits per heavy atom. The van der Waals surface area contributed by atoms with Gasteiger partial charge in [0.2, 0.25) is 0 Å². The fourth-order valence-corrected chi connectivity index (χ4v) is 2.60. The van der Waals surface area contributed by atoms with Gasteiger partial charge in [-0.1, -0.05) is 6.92 Å². The van der Waals surface area contributed by atoms with Gasteiger partial charge in [-0.2, -0.15) is 0 Å². The average Bonchev–Trinajstić information content (AvgIpc) is 2.24. The zero-order chi connectivity index (χ0) is 12.2. The zero-order valence-corrected chi connectivity index (χ0v) is 10.6. The van der Waals surface area contributed by atoms with Gasteiger partial charge >= 0.3 is 7.59 Å². The normalized spacial score (nSPS) is 14.4. The first-order chi connectivity index (χ1) is 7.50. The molecule has 0 amide bonds. The first kappa shape index (κ1) is 13.0. The summed E-state index contributed by atoms with van der Waals surface area (Å²) < 4.78 is 12.2. The predicted octanol–water partition coefficient (Wildman–Crippen LogP) is 2.05. The first-order valence-electron chi connectivity index (χ1n) is 5.13. The van der Waals surface area contributed by atoms with E-state index in [0.29, 0.717) is 12.2 Å². The highest BCUT2D eigenvalue weighted by Gasteiger charge is 2.17. The number of benzene rings is 1. The quantitative estimate of drug-likeness (QED) is 0.470. The topological polar surface area (TPSA) is 73.4 Å². The fraction of sp³-hybridized carbons (Fsp3) is 0.400. The molecular weight excluding hydrogens is 225 g/mol. The van der Waals surface area contributed by atoms with Crippen molar-refractivity contribution >= 4 is 13.3 Å². The van der Waals surface area contributed by atoms with Crippen LogP contribution in [0, 0.1) is 6.92 Å². The molecule has 6 heteroatoms. The summed E-state index contributed by atoms with van der Waals surface area (Å²) in [6, 6.07) is 5.00. The van der Waals surface area contributed by atoms with Gasteiger partial charge in [-0.25, -0.2) is 10.2 Å². The SMILES string of the molecule is CCNP(=O)(NC)Nc1ccc(O)c(C)c1. The van der Waals surface area contributed by atoms with Crippen molar-refractivity contribution in [2.45, 2.75) is 13.8 Å². The smallest absolute Gasteiger partial charge is 0.303 e. The van der Waals surface area contributed by atoms with Crippen LogP contribution < -0.4 is 15.3 Å². The molecule has 90 valence electrons. The summed E-state index contributed by atoms with van der Waals surface area (Å²) in [6.45, 7) is 4.27. The number of aryl methyl sites for hydroxylation is 1. The Balaban J connectivity index is 2.86. The van der Waals surface area contributed by atoms with E-state index in [-0.39, 0.29) is 5.75 Å². The van der Waals surface area contributed by atoms with Gasteiger partial charge in [0.25, 0.3) is 0 Å². The highest BCUT2D eigenvalue weighted by Crippen LogP contribution is 2.36. The Hall–Kier alpha value is -1.03. The molecule has 0 aliphatic carbocycles. The Kier molecular flexibility index (Phi) is 4.35. The van der Waals surface area contributed by atoms with Crippen molar-refractivity contribution < 1.29 is 9.67 Å². The van der Waals surface area contributed by atoms with E-state index in [1.54, 1.807) is 32.2 Å². The van der Waals surface area contributed by atoms with Crippen LogP contribution >= 0.6 is 7.59 Å². The maximum Gasteiger partial charge on any atom is 0.303 e. The maximum absolute atomic E-state index is 12.2. The van der Waals surface area contributed by atoms with Crippen LogP contribution in [0.3, 0.4) is 0 Å². The van der Waals surface area contributed by atoms with E-state index in [9.17, 15) is 9.67 Å². The van der Waals surface area contributed by atoms with Gasteiger partial charge in [0.15, 0.2) is 0 Å². The number of phenols is 1. The molecule has 0 spiro atoms. The van der Waals surface area contributed by atoms with Crippen LogP contribution in [0.1, 0.15) is 12.5 Å². The lowest BCUT2D eigenvalue weighted by molar-refractivity contribution is 0.471. The summed E-state index contributed by atoms with van der Waals surface area (Å²) in [5, 5.41) is 17.9. The second kappa shape index (κ2) is 5.34. The van der Waals surface area contributed by atoms with Crippen molar-refractivity contribution in [3.05, 3.63) is 23.8 Å². The Morgan fingerprint density at radius 1 is 1.44 bits per heavy atom. The molecule has 0 saturated carbocycles. The maximum atomic E-state index is 12.2. The molecule has 5 nitrogen and oxygen atoms in total. The summed E-state index contributed by atoms with van der Waals surface area (Å²) in [7, 11) is -1.16. The second-order valence-electron chi connectivity index (χ2n) is 3.46. The fourth-order valence-electron chi connectivity index (χ4n) is 1.30. The molecule has 0 aliphatic rings. The van der Waals surface area contributed by atoms with Crippen LogP contribution in [-0.2, 0) is 4.57 Å². The van der Waals surface area contributed by atoms with Gasteiger partial charge in [0.1, 0.15) is 5.75 Å². The van der Waals surface area contributed by atoms with Crippen LogP contribution in [0.2, 0.25) is 0 Å². The van der Waals surface area contributed by atoms with Crippen molar-refractivity contribution in [1.29, 1.82) is 0 Å². The van der Waals surface area contributed by atoms with Crippen LogP contribution in [-0.4, -0.2) is 18.7 Å². The van der Waals surface area contributed by atoms with Gasteiger partial charge in [0, 0.05) is 12.2 Å². The van der Waals surface area contributed by atoms with Crippen molar-refractivity contribution in [3.8, 4) is 5.75 Å². The molecule has 16 heavy (non-hydrogen) atoms. The molecule has 0 heterocycles. The van der Waals surface area contributed by atoms with E-state index < -0.39 is 7.59 Å². The van der Waals surface area contributed by atoms with E-state index in [2.05, 4.69) is 15.3 Å². The number of rotatable bonds is 5. The minimum Gasteiger partial charge on any atom is -0.508 e. The number of hydrogen-bond donors (Lipinski definition) is 4. The minimum absolute atomic E-state index is 0.230. The number of aromatic hydroxyl groups is 1. The van der Waals surface area contributed by atoms with E-state index in [4.69, 9.17) is 0 Å². The van der Waals surface area contributed by atoms with Crippen molar-refractivity contribution in [1.82, 2.24) is 10.2 Å². The molecule has 0 bridgehead atoms. The van der Waals surface area contributed by atoms with E-state index >= 15 is 0 Å². The lowest BCUT2D eigenvalue weighted by Crippen LogP contribution is -2.24. The summed E-state index contributed by atoms with van der Waals surface area (Å²) in [4.78, 5) is 0. The van der Waals surface area contributed by atoms with Gasteiger partial charge < -0.3 is 10.2 Å². The lowest BCUT2D eigenvalue weighted by Gasteiger charge is -2.20.